The molecule has 1 aromatic rings. The van der Waals surface area contributed by atoms with E-state index in [0.29, 0.717) is 0 Å². The molecule has 0 saturated heterocycles. The zero-order chi connectivity index (χ0) is 19.4. The number of carbonyl (C=O) groups is 1. The lowest BCUT2D eigenvalue weighted by molar-refractivity contribution is 0.0377. The van der Waals surface area contributed by atoms with Gasteiger partial charge >= 0.3 is 6.09 Å². The number of nitrogens with two attached hydrogens (primary N) is 1. The molecule has 142 valence electrons. The predicted octanol–water partition coefficient (Wildman–Crippen LogP) is 3.87. The summed E-state index contributed by atoms with van der Waals surface area (Å²) in [5.74, 6) is -1.36. The maximum absolute atomic E-state index is 13.8. The number of hydrogen-bond acceptors (Lipinski definition) is 4. The molecule has 1 aromatic carbocycles. The molecule has 1 amide bonds. The van der Waals surface area contributed by atoms with Crippen LogP contribution in [-0.2, 0) is 9.16 Å². The summed E-state index contributed by atoms with van der Waals surface area (Å²) in [5, 5.41) is 10.2. The normalized spacial score (nSPS) is 14.9. The SMILES string of the molecule is CC(C)(C)[Si](C)(C)OC(COC(N)=O)CC(O)c1cc(F)ccc1F. The van der Waals surface area contributed by atoms with Crippen LogP contribution in [0.3, 0.4) is 0 Å². The number of aliphatic hydroxyl groups is 1. The van der Waals surface area contributed by atoms with Gasteiger partial charge in [0.05, 0.1) is 12.2 Å². The molecule has 5 nitrogen and oxygen atoms in total. The number of benzene rings is 1. The highest BCUT2D eigenvalue weighted by atomic mass is 28.4. The molecule has 0 aromatic heterocycles. The van der Waals surface area contributed by atoms with Crippen molar-refractivity contribution in [2.24, 2.45) is 5.73 Å². The molecular weight excluding hydrogens is 348 g/mol. The van der Waals surface area contributed by atoms with Crippen LogP contribution in [0.5, 0.6) is 0 Å². The Bertz CT molecular complexity index is 605. The Kier molecular flexibility index (Phi) is 7.10. The van der Waals surface area contributed by atoms with E-state index in [9.17, 15) is 18.7 Å². The van der Waals surface area contributed by atoms with Crippen molar-refractivity contribution in [1.29, 1.82) is 0 Å². The van der Waals surface area contributed by atoms with Gasteiger partial charge in [-0.15, -0.1) is 0 Å². The Morgan fingerprint density at radius 3 is 2.44 bits per heavy atom. The van der Waals surface area contributed by atoms with Crippen LogP contribution in [0.2, 0.25) is 18.1 Å². The van der Waals surface area contributed by atoms with Crippen LogP contribution in [0.1, 0.15) is 38.9 Å². The van der Waals surface area contributed by atoms with Gasteiger partial charge in [-0.25, -0.2) is 13.6 Å². The Morgan fingerprint density at radius 1 is 1.32 bits per heavy atom. The smallest absolute Gasteiger partial charge is 0.404 e. The Hall–Kier alpha value is -1.51. The fourth-order valence-corrected chi connectivity index (χ4v) is 3.42. The molecule has 0 heterocycles. The summed E-state index contributed by atoms with van der Waals surface area (Å²) in [5.41, 5.74) is 4.83. The molecule has 0 spiro atoms. The second-order valence-electron chi connectivity index (χ2n) is 7.55. The van der Waals surface area contributed by atoms with Crippen LogP contribution in [0, 0.1) is 11.6 Å². The lowest BCUT2D eigenvalue weighted by Gasteiger charge is -2.39. The minimum Gasteiger partial charge on any atom is -0.447 e. The highest BCUT2D eigenvalue weighted by Gasteiger charge is 2.40. The molecule has 0 saturated carbocycles. The van der Waals surface area contributed by atoms with Gasteiger partial charge in [-0.2, -0.15) is 0 Å². The highest BCUT2D eigenvalue weighted by molar-refractivity contribution is 6.74. The molecule has 1 rings (SSSR count). The largest absolute Gasteiger partial charge is 0.447 e. The number of aliphatic hydroxyl groups excluding tert-OH is 1. The van der Waals surface area contributed by atoms with E-state index in [0.717, 1.165) is 18.2 Å². The standard InChI is InChI=1S/C17H27F2NO4Si/c1-17(2,3)25(4,5)24-12(10-23-16(20)22)9-15(21)13-8-11(18)6-7-14(13)19/h6-8,12,15,21H,9-10H2,1-5H3,(H2,20,22). The van der Waals surface area contributed by atoms with E-state index in [1.807, 2.05) is 33.9 Å². The fourth-order valence-electron chi connectivity index (χ4n) is 2.06. The van der Waals surface area contributed by atoms with Crippen LogP contribution in [-0.4, -0.2) is 32.2 Å². The van der Waals surface area contributed by atoms with Gasteiger partial charge in [0, 0.05) is 12.0 Å². The fraction of sp³-hybridized carbons (Fsp3) is 0.588. The molecule has 0 aliphatic carbocycles. The average molecular weight is 375 g/mol. The first-order valence-electron chi connectivity index (χ1n) is 8.06. The van der Waals surface area contributed by atoms with E-state index in [1.165, 1.54) is 0 Å². The van der Waals surface area contributed by atoms with Crippen molar-refractivity contribution < 1.29 is 27.8 Å². The van der Waals surface area contributed by atoms with Crippen molar-refractivity contribution in [3.8, 4) is 0 Å². The molecule has 0 bridgehead atoms. The summed E-state index contributed by atoms with van der Waals surface area (Å²) in [7, 11) is -2.24. The summed E-state index contributed by atoms with van der Waals surface area (Å²) >= 11 is 0. The first kappa shape index (κ1) is 21.5. The van der Waals surface area contributed by atoms with Crippen molar-refractivity contribution in [2.75, 3.05) is 6.61 Å². The van der Waals surface area contributed by atoms with Crippen LogP contribution in [0.4, 0.5) is 13.6 Å². The third kappa shape index (κ3) is 6.37. The maximum atomic E-state index is 13.8. The van der Waals surface area contributed by atoms with Gasteiger partial charge in [-0.05, 0) is 36.3 Å². The summed E-state index contributed by atoms with van der Waals surface area (Å²) in [4.78, 5) is 10.9. The van der Waals surface area contributed by atoms with Gasteiger partial charge in [0.1, 0.15) is 18.2 Å². The van der Waals surface area contributed by atoms with Gasteiger partial charge in [-0.3, -0.25) is 0 Å². The molecular formula is C17H27F2NO4Si. The predicted molar refractivity (Wildman–Crippen MR) is 93.5 cm³/mol. The summed E-state index contributed by atoms with van der Waals surface area (Å²) in [6, 6.07) is 2.88. The molecule has 2 atom stereocenters. The average Bonchev–Trinajstić information content (AvgIpc) is 2.45. The van der Waals surface area contributed by atoms with Crippen molar-refractivity contribution in [3.63, 3.8) is 0 Å². The molecule has 0 aliphatic rings. The molecule has 0 fully saturated rings. The van der Waals surface area contributed by atoms with Crippen LogP contribution in [0.25, 0.3) is 0 Å². The second kappa shape index (κ2) is 8.24. The van der Waals surface area contributed by atoms with Gasteiger partial charge in [0.2, 0.25) is 0 Å². The number of rotatable bonds is 7. The zero-order valence-corrected chi connectivity index (χ0v) is 16.3. The van der Waals surface area contributed by atoms with Crippen LogP contribution in [0.15, 0.2) is 18.2 Å². The van der Waals surface area contributed by atoms with E-state index in [-0.39, 0.29) is 23.6 Å². The zero-order valence-electron chi connectivity index (χ0n) is 15.3. The first-order chi connectivity index (χ1) is 11.3. The topological polar surface area (TPSA) is 81.8 Å². The molecule has 25 heavy (non-hydrogen) atoms. The number of ether oxygens (including phenoxy) is 1. The van der Waals surface area contributed by atoms with Crippen molar-refractivity contribution in [1.82, 2.24) is 0 Å². The van der Waals surface area contributed by atoms with Gasteiger partial charge in [-0.1, -0.05) is 20.8 Å². The number of primary amides is 1. The van der Waals surface area contributed by atoms with Gasteiger partial charge in [0.15, 0.2) is 8.32 Å². The third-order valence-electron chi connectivity index (χ3n) is 4.48. The van der Waals surface area contributed by atoms with Gasteiger partial charge in [0.25, 0.3) is 0 Å². The number of carbonyl (C=O) groups excluding carboxylic acids is 1. The Labute approximate surface area is 148 Å². The summed E-state index contributed by atoms with van der Waals surface area (Å²) < 4.78 is 38.1. The minimum absolute atomic E-state index is 0.0554. The third-order valence-corrected chi connectivity index (χ3v) is 9.02. The van der Waals surface area contributed by atoms with E-state index in [1.54, 1.807) is 0 Å². The van der Waals surface area contributed by atoms with Crippen molar-refractivity contribution in [3.05, 3.63) is 35.4 Å². The Balaban J connectivity index is 2.96. The van der Waals surface area contributed by atoms with Crippen molar-refractivity contribution in [2.45, 2.75) is 57.5 Å². The number of hydrogen-bond donors (Lipinski definition) is 2. The molecule has 8 heteroatoms. The van der Waals surface area contributed by atoms with E-state index < -0.39 is 38.3 Å². The molecule has 0 aliphatic heterocycles. The summed E-state index contributed by atoms with van der Waals surface area (Å²) in [6.07, 6.45) is -3.01. The maximum Gasteiger partial charge on any atom is 0.404 e. The lowest BCUT2D eigenvalue weighted by Crippen LogP contribution is -2.45. The van der Waals surface area contributed by atoms with E-state index >= 15 is 0 Å². The summed E-state index contributed by atoms with van der Waals surface area (Å²) in [6.45, 7) is 9.93. The molecule has 0 radical (unpaired) electrons. The minimum atomic E-state index is -2.24. The van der Waals surface area contributed by atoms with Crippen molar-refractivity contribution >= 4 is 14.4 Å². The Morgan fingerprint density at radius 2 is 1.92 bits per heavy atom. The molecule has 2 unspecified atom stereocenters. The monoisotopic (exact) mass is 375 g/mol. The van der Waals surface area contributed by atoms with E-state index in [4.69, 9.17) is 14.9 Å². The lowest BCUT2D eigenvalue weighted by atomic mass is 10.0. The quantitative estimate of drug-likeness (QED) is 0.709. The second-order valence-corrected chi connectivity index (χ2v) is 12.3. The number of halogens is 2. The van der Waals surface area contributed by atoms with E-state index in [2.05, 4.69) is 0 Å². The number of amides is 1. The first-order valence-corrected chi connectivity index (χ1v) is 11.0. The highest BCUT2D eigenvalue weighted by Crippen LogP contribution is 2.38. The van der Waals surface area contributed by atoms with Crippen LogP contribution < -0.4 is 5.73 Å². The molecule has 3 N–H and O–H groups in total. The van der Waals surface area contributed by atoms with Gasteiger partial charge < -0.3 is 20.0 Å². The van der Waals surface area contributed by atoms with Crippen LogP contribution >= 0.6 is 0 Å².